The van der Waals surface area contributed by atoms with Crippen molar-refractivity contribution in [2.75, 3.05) is 19.5 Å². The van der Waals surface area contributed by atoms with Gasteiger partial charge < -0.3 is 20.1 Å². The second-order valence-electron chi connectivity index (χ2n) is 5.31. The highest BCUT2D eigenvalue weighted by Gasteiger charge is 2.32. The van der Waals surface area contributed by atoms with Gasteiger partial charge in [0.15, 0.2) is 0 Å². The van der Waals surface area contributed by atoms with Gasteiger partial charge in [-0.05, 0) is 31.7 Å². The lowest BCUT2D eigenvalue weighted by molar-refractivity contribution is -0.139. The summed E-state index contributed by atoms with van der Waals surface area (Å²) in [7, 11) is 0. The molecule has 0 radical (unpaired) electrons. The fourth-order valence-electron chi connectivity index (χ4n) is 2.50. The summed E-state index contributed by atoms with van der Waals surface area (Å²) in [5, 5.41) is 5.74. The summed E-state index contributed by atoms with van der Waals surface area (Å²) in [6.45, 7) is 3.48. The Morgan fingerprint density at radius 3 is 2.69 bits per heavy atom. The Balaban J connectivity index is 2.23. The van der Waals surface area contributed by atoms with Crippen LogP contribution in [0.25, 0.3) is 0 Å². The van der Waals surface area contributed by atoms with Crippen molar-refractivity contribution in [3.8, 4) is 0 Å². The lowest BCUT2D eigenvalue weighted by Gasteiger charge is -2.28. The molecule has 2 heterocycles. The number of carbonyl (C=O) groups excluding carboxylic acids is 3. The number of hydrogen-bond acceptors (Lipinski definition) is 7. The van der Waals surface area contributed by atoms with Gasteiger partial charge in [0.1, 0.15) is 11.6 Å². The van der Waals surface area contributed by atoms with Crippen molar-refractivity contribution < 1.29 is 23.9 Å². The average Bonchev–Trinajstić information content (AvgIpc) is 2.65. The summed E-state index contributed by atoms with van der Waals surface area (Å²) in [6, 6.07) is 2.29. The van der Waals surface area contributed by atoms with Crippen LogP contribution in [0.4, 0.5) is 4.79 Å². The molecule has 140 valence electrons. The lowest BCUT2D eigenvalue weighted by atomic mass is 10.0. The number of rotatable bonds is 7. The first kappa shape index (κ1) is 19.8. The molecule has 2 rings (SSSR count). The molecule has 0 spiro atoms. The monoisotopic (exact) mass is 379 g/mol. The van der Waals surface area contributed by atoms with E-state index in [9.17, 15) is 14.4 Å². The van der Waals surface area contributed by atoms with E-state index >= 15 is 0 Å². The number of aromatic nitrogens is 1. The zero-order chi connectivity index (χ0) is 19.1. The number of nitrogens with one attached hydrogen (secondary N) is 2. The Morgan fingerprint density at radius 2 is 2.04 bits per heavy atom. The molecule has 0 aromatic carbocycles. The molecule has 26 heavy (non-hydrogen) atoms. The SMILES string of the molecule is CCOC(=O)C1=C(COC(=O)c2cccnc2SC)NC(=O)N[C@@H]1CC. The molecule has 0 fully saturated rings. The van der Waals surface area contributed by atoms with Gasteiger partial charge in [0.05, 0.1) is 29.5 Å². The van der Waals surface area contributed by atoms with Gasteiger partial charge in [-0.1, -0.05) is 6.92 Å². The van der Waals surface area contributed by atoms with Crippen LogP contribution in [0.2, 0.25) is 0 Å². The molecule has 1 aromatic heterocycles. The van der Waals surface area contributed by atoms with Crippen LogP contribution in [0.15, 0.2) is 34.6 Å². The topological polar surface area (TPSA) is 107 Å². The molecule has 1 aromatic rings. The Morgan fingerprint density at radius 1 is 1.27 bits per heavy atom. The highest BCUT2D eigenvalue weighted by atomic mass is 32.2. The average molecular weight is 379 g/mol. The minimum absolute atomic E-state index is 0.201. The fraction of sp³-hybridized carbons (Fsp3) is 0.412. The number of esters is 2. The van der Waals surface area contributed by atoms with E-state index in [0.29, 0.717) is 17.0 Å². The van der Waals surface area contributed by atoms with Crippen molar-refractivity contribution in [3.05, 3.63) is 35.2 Å². The molecular weight excluding hydrogens is 358 g/mol. The van der Waals surface area contributed by atoms with Gasteiger partial charge in [-0.2, -0.15) is 0 Å². The van der Waals surface area contributed by atoms with Crippen LogP contribution in [0.1, 0.15) is 30.6 Å². The second kappa shape index (κ2) is 9.23. The van der Waals surface area contributed by atoms with Crippen LogP contribution in [0.3, 0.4) is 0 Å². The Bertz CT molecular complexity index is 735. The van der Waals surface area contributed by atoms with Crippen molar-refractivity contribution in [2.45, 2.75) is 31.3 Å². The molecule has 0 bridgehead atoms. The molecule has 1 aliphatic heterocycles. The highest BCUT2D eigenvalue weighted by molar-refractivity contribution is 7.98. The minimum atomic E-state index is -0.584. The van der Waals surface area contributed by atoms with E-state index in [2.05, 4.69) is 15.6 Å². The standard InChI is InChI=1S/C17H21N3O5S/c1-4-11-13(16(22)24-5-2)12(20-17(23)19-11)9-25-15(21)10-7-6-8-18-14(10)26-3/h6-8,11H,4-5,9H2,1-3H3,(H2,19,20,23)/t11-/m1/s1. The van der Waals surface area contributed by atoms with Crippen LogP contribution >= 0.6 is 11.8 Å². The number of pyridine rings is 1. The van der Waals surface area contributed by atoms with Gasteiger partial charge in [0, 0.05) is 6.20 Å². The Labute approximate surface area is 155 Å². The predicted molar refractivity (Wildman–Crippen MR) is 95.7 cm³/mol. The van der Waals surface area contributed by atoms with E-state index in [1.54, 1.807) is 31.5 Å². The zero-order valence-electron chi connectivity index (χ0n) is 14.8. The lowest BCUT2D eigenvalue weighted by Crippen LogP contribution is -2.51. The van der Waals surface area contributed by atoms with Crippen molar-refractivity contribution in [1.82, 2.24) is 15.6 Å². The molecule has 0 saturated heterocycles. The predicted octanol–water partition coefficient (Wildman–Crippen LogP) is 1.87. The molecule has 1 aliphatic rings. The number of hydrogen-bond donors (Lipinski definition) is 2. The molecule has 9 heteroatoms. The Hall–Kier alpha value is -2.55. The normalized spacial score (nSPS) is 16.6. The fourth-order valence-corrected chi connectivity index (χ4v) is 3.04. The van der Waals surface area contributed by atoms with E-state index < -0.39 is 24.0 Å². The van der Waals surface area contributed by atoms with Crippen LogP contribution in [0, 0.1) is 0 Å². The first-order valence-corrected chi connectivity index (χ1v) is 9.38. The largest absolute Gasteiger partial charge is 0.463 e. The molecule has 1 atom stereocenters. The maximum Gasteiger partial charge on any atom is 0.341 e. The molecule has 8 nitrogen and oxygen atoms in total. The number of ether oxygens (including phenoxy) is 2. The number of thioether (sulfide) groups is 1. The summed E-state index contributed by atoms with van der Waals surface area (Å²) < 4.78 is 10.4. The molecule has 2 N–H and O–H groups in total. The second-order valence-corrected chi connectivity index (χ2v) is 6.10. The first-order valence-electron chi connectivity index (χ1n) is 8.15. The summed E-state index contributed by atoms with van der Waals surface area (Å²) in [6.07, 6.45) is 3.89. The van der Waals surface area contributed by atoms with Crippen LogP contribution < -0.4 is 10.6 Å². The van der Waals surface area contributed by atoms with Crippen LogP contribution in [0.5, 0.6) is 0 Å². The van der Waals surface area contributed by atoms with Gasteiger partial charge in [-0.25, -0.2) is 19.4 Å². The Kier molecular flexibility index (Phi) is 7.02. The summed E-state index contributed by atoms with van der Waals surface area (Å²) in [5.41, 5.74) is 0.811. The van der Waals surface area contributed by atoms with Gasteiger partial charge in [0.2, 0.25) is 0 Å². The molecule has 0 unspecified atom stereocenters. The first-order chi connectivity index (χ1) is 12.5. The van der Waals surface area contributed by atoms with E-state index in [-0.39, 0.29) is 24.5 Å². The van der Waals surface area contributed by atoms with Gasteiger partial charge >= 0.3 is 18.0 Å². The van der Waals surface area contributed by atoms with Crippen LogP contribution in [-0.2, 0) is 14.3 Å². The third-order valence-corrected chi connectivity index (χ3v) is 4.39. The number of urea groups is 1. The minimum Gasteiger partial charge on any atom is -0.463 e. The number of nitrogens with zero attached hydrogens (tertiary/aromatic N) is 1. The van der Waals surface area contributed by atoms with E-state index in [4.69, 9.17) is 9.47 Å². The molecule has 0 aliphatic carbocycles. The van der Waals surface area contributed by atoms with Gasteiger partial charge in [-0.3, -0.25) is 0 Å². The molecule has 2 amide bonds. The van der Waals surface area contributed by atoms with Gasteiger partial charge in [0.25, 0.3) is 0 Å². The third kappa shape index (κ3) is 4.54. The van der Waals surface area contributed by atoms with Crippen molar-refractivity contribution >= 4 is 29.7 Å². The molecule has 0 saturated carbocycles. The third-order valence-electron chi connectivity index (χ3n) is 3.68. The summed E-state index contributed by atoms with van der Waals surface area (Å²) >= 11 is 1.32. The maximum absolute atomic E-state index is 12.4. The maximum atomic E-state index is 12.4. The van der Waals surface area contributed by atoms with Crippen molar-refractivity contribution in [1.29, 1.82) is 0 Å². The smallest absolute Gasteiger partial charge is 0.341 e. The van der Waals surface area contributed by atoms with E-state index in [1.165, 1.54) is 11.8 Å². The zero-order valence-corrected chi connectivity index (χ0v) is 15.6. The van der Waals surface area contributed by atoms with Crippen LogP contribution in [-0.4, -0.2) is 48.5 Å². The van der Waals surface area contributed by atoms with E-state index in [1.807, 2.05) is 6.92 Å². The van der Waals surface area contributed by atoms with E-state index in [0.717, 1.165) is 0 Å². The van der Waals surface area contributed by atoms with Gasteiger partial charge in [-0.15, -0.1) is 11.8 Å². The molecular formula is C17H21N3O5S. The number of carbonyl (C=O) groups is 3. The summed E-state index contributed by atoms with van der Waals surface area (Å²) in [5.74, 6) is -1.14. The quantitative estimate of drug-likeness (QED) is 0.550. The van der Waals surface area contributed by atoms with Crippen molar-refractivity contribution in [3.63, 3.8) is 0 Å². The number of amides is 2. The highest BCUT2D eigenvalue weighted by Crippen LogP contribution is 2.20. The van der Waals surface area contributed by atoms with Crippen molar-refractivity contribution in [2.24, 2.45) is 0 Å². The summed E-state index contributed by atoms with van der Waals surface area (Å²) in [4.78, 5) is 40.6.